The Labute approximate surface area is 135 Å². The van der Waals surface area contributed by atoms with E-state index in [1.165, 1.54) is 10.5 Å². The summed E-state index contributed by atoms with van der Waals surface area (Å²) < 4.78 is 5.51. The van der Waals surface area contributed by atoms with Crippen molar-refractivity contribution in [1.82, 2.24) is 5.32 Å². The molecule has 2 aromatic rings. The van der Waals surface area contributed by atoms with Crippen molar-refractivity contribution in [2.45, 2.75) is 23.6 Å². The molecule has 0 spiro atoms. The van der Waals surface area contributed by atoms with Gasteiger partial charge in [-0.25, -0.2) is 0 Å². The lowest BCUT2D eigenvalue weighted by atomic mass is 10.1. The van der Waals surface area contributed by atoms with Gasteiger partial charge in [-0.15, -0.1) is 11.8 Å². The second-order valence-electron chi connectivity index (χ2n) is 4.76. The molecule has 0 bridgehead atoms. The summed E-state index contributed by atoms with van der Waals surface area (Å²) in [6.45, 7) is 2.14. The van der Waals surface area contributed by atoms with Crippen LogP contribution in [0.4, 0.5) is 0 Å². The van der Waals surface area contributed by atoms with Crippen molar-refractivity contribution in [1.29, 1.82) is 0 Å². The fraction of sp³-hybridized carbons (Fsp3) is 0.294. The van der Waals surface area contributed by atoms with Crippen molar-refractivity contribution in [3.8, 4) is 5.75 Å². The number of hydrogen-bond donors (Lipinski definition) is 1. The van der Waals surface area contributed by atoms with Crippen LogP contribution in [0.15, 0.2) is 47.4 Å². The molecule has 112 valence electrons. The van der Waals surface area contributed by atoms with E-state index in [9.17, 15) is 0 Å². The van der Waals surface area contributed by atoms with Crippen LogP contribution in [-0.4, -0.2) is 14.2 Å². The lowest BCUT2D eigenvalue weighted by molar-refractivity contribution is 0.401. The van der Waals surface area contributed by atoms with Crippen LogP contribution in [0.1, 0.15) is 24.1 Å². The standard InChI is InChI=1S/C17H20ClNOS/c1-12(19-2)17-15(20-3)9-6-10-16(17)21-11-13-7-4-5-8-14(13)18/h4-10,12,19H,11H2,1-3H3. The highest BCUT2D eigenvalue weighted by molar-refractivity contribution is 7.98. The Morgan fingerprint density at radius 3 is 2.62 bits per heavy atom. The molecule has 0 aliphatic carbocycles. The van der Waals surface area contributed by atoms with Crippen LogP contribution < -0.4 is 10.1 Å². The minimum Gasteiger partial charge on any atom is -0.496 e. The molecule has 21 heavy (non-hydrogen) atoms. The van der Waals surface area contributed by atoms with Gasteiger partial charge in [0.2, 0.25) is 0 Å². The summed E-state index contributed by atoms with van der Waals surface area (Å²) in [6.07, 6.45) is 0. The predicted molar refractivity (Wildman–Crippen MR) is 91.5 cm³/mol. The fourth-order valence-corrected chi connectivity index (χ4v) is 3.62. The normalized spacial score (nSPS) is 12.2. The van der Waals surface area contributed by atoms with E-state index in [0.29, 0.717) is 0 Å². The van der Waals surface area contributed by atoms with Gasteiger partial charge in [-0.3, -0.25) is 0 Å². The Balaban J connectivity index is 2.25. The molecule has 1 atom stereocenters. The Bertz CT molecular complexity index is 603. The molecule has 0 saturated heterocycles. The van der Waals surface area contributed by atoms with Gasteiger partial charge in [0.15, 0.2) is 0 Å². The van der Waals surface area contributed by atoms with E-state index in [4.69, 9.17) is 16.3 Å². The Morgan fingerprint density at radius 2 is 1.95 bits per heavy atom. The lowest BCUT2D eigenvalue weighted by Crippen LogP contribution is -2.14. The number of ether oxygens (including phenoxy) is 1. The number of hydrogen-bond acceptors (Lipinski definition) is 3. The van der Waals surface area contributed by atoms with Crippen LogP contribution in [0.3, 0.4) is 0 Å². The van der Waals surface area contributed by atoms with Gasteiger partial charge in [0.25, 0.3) is 0 Å². The predicted octanol–water partition coefficient (Wildman–Crippen LogP) is 4.92. The van der Waals surface area contributed by atoms with E-state index in [1.54, 1.807) is 18.9 Å². The quantitative estimate of drug-likeness (QED) is 0.763. The van der Waals surface area contributed by atoms with Gasteiger partial charge in [0.05, 0.1) is 7.11 Å². The second kappa shape index (κ2) is 7.74. The highest BCUT2D eigenvalue weighted by Crippen LogP contribution is 2.36. The lowest BCUT2D eigenvalue weighted by Gasteiger charge is -2.19. The minimum atomic E-state index is 0.231. The summed E-state index contributed by atoms with van der Waals surface area (Å²) in [5.41, 5.74) is 2.34. The van der Waals surface area contributed by atoms with E-state index in [1.807, 2.05) is 37.4 Å². The molecule has 0 aromatic heterocycles. The van der Waals surface area contributed by atoms with Gasteiger partial charge in [0.1, 0.15) is 5.75 Å². The fourth-order valence-electron chi connectivity index (χ4n) is 2.17. The Hall–Kier alpha value is -1.16. The van der Waals surface area contributed by atoms with Gasteiger partial charge < -0.3 is 10.1 Å². The van der Waals surface area contributed by atoms with E-state index in [0.717, 1.165) is 22.1 Å². The first-order chi connectivity index (χ1) is 10.2. The smallest absolute Gasteiger partial charge is 0.124 e. The number of nitrogens with one attached hydrogen (secondary N) is 1. The van der Waals surface area contributed by atoms with Gasteiger partial charge >= 0.3 is 0 Å². The topological polar surface area (TPSA) is 21.3 Å². The third-order valence-electron chi connectivity index (χ3n) is 3.45. The molecule has 1 unspecified atom stereocenters. The maximum Gasteiger partial charge on any atom is 0.124 e. The zero-order valence-corrected chi connectivity index (χ0v) is 14.1. The van der Waals surface area contributed by atoms with Crippen LogP contribution in [0.25, 0.3) is 0 Å². The molecule has 2 nitrogen and oxygen atoms in total. The monoisotopic (exact) mass is 321 g/mol. The average molecular weight is 322 g/mol. The van der Waals surface area contributed by atoms with Gasteiger partial charge in [-0.05, 0) is 37.7 Å². The third-order valence-corrected chi connectivity index (χ3v) is 4.94. The molecule has 2 rings (SSSR count). The zero-order chi connectivity index (χ0) is 15.2. The highest BCUT2D eigenvalue weighted by atomic mass is 35.5. The van der Waals surface area contributed by atoms with Gasteiger partial charge in [-0.2, -0.15) is 0 Å². The number of halogens is 1. The van der Waals surface area contributed by atoms with Crippen molar-refractivity contribution >= 4 is 23.4 Å². The summed E-state index contributed by atoms with van der Waals surface area (Å²) in [5.74, 6) is 1.76. The summed E-state index contributed by atoms with van der Waals surface area (Å²) in [6, 6.07) is 14.4. The van der Waals surface area contributed by atoms with Gasteiger partial charge in [-0.1, -0.05) is 35.9 Å². The highest BCUT2D eigenvalue weighted by Gasteiger charge is 2.15. The molecule has 0 heterocycles. The molecular formula is C17H20ClNOS. The van der Waals surface area contributed by atoms with Crippen molar-refractivity contribution in [2.75, 3.05) is 14.2 Å². The average Bonchev–Trinajstić information content (AvgIpc) is 2.53. The van der Waals surface area contributed by atoms with Crippen molar-refractivity contribution in [3.05, 3.63) is 58.6 Å². The number of methoxy groups -OCH3 is 1. The minimum absolute atomic E-state index is 0.231. The molecule has 0 radical (unpaired) electrons. The molecular weight excluding hydrogens is 302 g/mol. The molecule has 2 aromatic carbocycles. The van der Waals surface area contributed by atoms with Crippen molar-refractivity contribution in [3.63, 3.8) is 0 Å². The summed E-state index contributed by atoms with van der Waals surface area (Å²) in [7, 11) is 3.67. The van der Waals surface area contributed by atoms with Crippen LogP contribution in [-0.2, 0) is 5.75 Å². The molecule has 0 aliphatic rings. The van der Waals surface area contributed by atoms with E-state index in [-0.39, 0.29) is 6.04 Å². The number of benzene rings is 2. The number of thioether (sulfide) groups is 1. The van der Waals surface area contributed by atoms with Crippen molar-refractivity contribution < 1.29 is 4.74 Å². The molecule has 0 aliphatic heterocycles. The third kappa shape index (κ3) is 3.94. The van der Waals surface area contributed by atoms with Crippen LogP contribution in [0.5, 0.6) is 5.75 Å². The maximum atomic E-state index is 6.23. The first kappa shape index (κ1) is 16.2. The van der Waals surface area contributed by atoms with E-state index >= 15 is 0 Å². The first-order valence-electron chi connectivity index (χ1n) is 6.87. The second-order valence-corrected chi connectivity index (χ2v) is 6.19. The van der Waals surface area contributed by atoms with Crippen LogP contribution in [0, 0.1) is 0 Å². The first-order valence-corrected chi connectivity index (χ1v) is 8.24. The number of rotatable bonds is 6. The Kier molecular flexibility index (Phi) is 5.97. The van der Waals surface area contributed by atoms with Gasteiger partial charge in [0, 0.05) is 27.3 Å². The van der Waals surface area contributed by atoms with Crippen LogP contribution in [0.2, 0.25) is 5.02 Å². The Morgan fingerprint density at radius 1 is 1.19 bits per heavy atom. The van der Waals surface area contributed by atoms with Crippen molar-refractivity contribution in [2.24, 2.45) is 0 Å². The summed E-state index contributed by atoms with van der Waals surface area (Å²) in [5, 5.41) is 4.10. The molecule has 0 amide bonds. The zero-order valence-electron chi connectivity index (χ0n) is 12.5. The maximum absolute atomic E-state index is 6.23. The van der Waals surface area contributed by atoms with E-state index in [2.05, 4.69) is 24.4 Å². The molecule has 4 heteroatoms. The molecule has 0 fully saturated rings. The largest absolute Gasteiger partial charge is 0.496 e. The SMILES string of the molecule is CNC(C)c1c(OC)cccc1SCc1ccccc1Cl. The molecule has 0 saturated carbocycles. The summed E-state index contributed by atoms with van der Waals surface area (Å²) >= 11 is 8.01. The summed E-state index contributed by atoms with van der Waals surface area (Å²) in [4.78, 5) is 1.22. The molecule has 1 N–H and O–H groups in total. The van der Waals surface area contributed by atoms with E-state index < -0.39 is 0 Å². The van der Waals surface area contributed by atoms with Crippen LogP contribution >= 0.6 is 23.4 Å².